The molecule has 0 saturated heterocycles. The van der Waals surface area contributed by atoms with Crippen molar-refractivity contribution in [3.63, 3.8) is 0 Å². The lowest BCUT2D eigenvalue weighted by Crippen LogP contribution is -2.26. The van der Waals surface area contributed by atoms with Gasteiger partial charge in [-0.1, -0.05) is 0 Å². The third-order valence-electron chi connectivity index (χ3n) is 2.78. The average Bonchev–Trinajstić information content (AvgIpc) is 2.93. The minimum Gasteiger partial charge on any atom is -0.370 e. The van der Waals surface area contributed by atoms with E-state index in [9.17, 15) is 8.42 Å². The fraction of sp³-hybridized carbons (Fsp3) is 0.308. The zero-order valence-electron chi connectivity index (χ0n) is 11.3. The van der Waals surface area contributed by atoms with Crippen molar-refractivity contribution in [2.24, 2.45) is 0 Å². The van der Waals surface area contributed by atoms with Crippen LogP contribution in [-0.4, -0.2) is 19.9 Å². The standard InChI is InChI=1S/C13H17N3O2S2/c1-3-14-13-5-4-12(8-15-13)20(17,18)16-10(2)11-6-7-19-9-11/h4-10,16H,3H2,1-2H3,(H,14,15). The number of hydrogen-bond donors (Lipinski definition) is 2. The molecule has 2 rings (SSSR count). The molecule has 0 bridgehead atoms. The molecule has 0 saturated carbocycles. The minimum absolute atomic E-state index is 0.168. The Bertz CT molecular complexity index is 637. The van der Waals surface area contributed by atoms with Gasteiger partial charge in [0.2, 0.25) is 10.0 Å². The number of sulfonamides is 1. The summed E-state index contributed by atoms with van der Waals surface area (Å²) in [6, 6.07) is 4.85. The normalized spacial score (nSPS) is 13.1. The molecule has 7 heteroatoms. The second kappa shape index (κ2) is 6.34. The van der Waals surface area contributed by atoms with Gasteiger partial charge in [0.05, 0.1) is 0 Å². The van der Waals surface area contributed by atoms with E-state index in [1.54, 1.807) is 23.5 Å². The van der Waals surface area contributed by atoms with Gasteiger partial charge in [0.25, 0.3) is 0 Å². The Hall–Kier alpha value is -1.44. The van der Waals surface area contributed by atoms with Crippen molar-refractivity contribution < 1.29 is 8.42 Å². The molecule has 2 aromatic rings. The molecule has 0 spiro atoms. The van der Waals surface area contributed by atoms with Crippen molar-refractivity contribution in [1.82, 2.24) is 9.71 Å². The fourth-order valence-electron chi connectivity index (χ4n) is 1.72. The zero-order chi connectivity index (χ0) is 14.6. The van der Waals surface area contributed by atoms with Crippen LogP contribution < -0.4 is 10.0 Å². The molecule has 0 aliphatic carbocycles. The highest BCUT2D eigenvalue weighted by Gasteiger charge is 2.18. The van der Waals surface area contributed by atoms with Crippen LogP contribution >= 0.6 is 11.3 Å². The second-order valence-corrected chi connectivity index (χ2v) is 6.80. The van der Waals surface area contributed by atoms with Crippen molar-refractivity contribution in [2.75, 3.05) is 11.9 Å². The number of thiophene rings is 1. The van der Waals surface area contributed by atoms with Crippen molar-refractivity contribution in [3.8, 4) is 0 Å². The summed E-state index contributed by atoms with van der Waals surface area (Å²) in [7, 11) is -3.55. The first kappa shape index (κ1) is 15.0. The number of hydrogen-bond acceptors (Lipinski definition) is 5. The van der Waals surface area contributed by atoms with Crippen molar-refractivity contribution >= 4 is 27.2 Å². The first-order chi connectivity index (χ1) is 9.53. The monoisotopic (exact) mass is 311 g/mol. The maximum Gasteiger partial charge on any atom is 0.242 e. The van der Waals surface area contributed by atoms with Crippen molar-refractivity contribution in [1.29, 1.82) is 0 Å². The summed E-state index contributed by atoms with van der Waals surface area (Å²) in [5, 5.41) is 6.88. The van der Waals surface area contributed by atoms with E-state index in [0.29, 0.717) is 5.82 Å². The molecule has 2 aromatic heterocycles. The number of aromatic nitrogens is 1. The van der Waals surface area contributed by atoms with Crippen LogP contribution in [0, 0.1) is 0 Å². The topological polar surface area (TPSA) is 71.1 Å². The highest BCUT2D eigenvalue weighted by atomic mass is 32.2. The van der Waals surface area contributed by atoms with Crippen molar-refractivity contribution in [2.45, 2.75) is 24.8 Å². The molecule has 0 amide bonds. The maximum atomic E-state index is 12.2. The van der Waals surface area contributed by atoms with E-state index in [1.807, 2.05) is 30.7 Å². The van der Waals surface area contributed by atoms with Gasteiger partial charge in [0.1, 0.15) is 10.7 Å². The molecule has 0 radical (unpaired) electrons. The SMILES string of the molecule is CCNc1ccc(S(=O)(=O)NC(C)c2ccsc2)cn1. The largest absolute Gasteiger partial charge is 0.370 e. The molecule has 5 nitrogen and oxygen atoms in total. The highest BCUT2D eigenvalue weighted by Crippen LogP contribution is 2.19. The Kier molecular flexibility index (Phi) is 4.74. The molecule has 108 valence electrons. The summed E-state index contributed by atoms with van der Waals surface area (Å²) in [6.07, 6.45) is 1.36. The third kappa shape index (κ3) is 3.56. The highest BCUT2D eigenvalue weighted by molar-refractivity contribution is 7.89. The first-order valence-electron chi connectivity index (χ1n) is 6.27. The predicted molar refractivity (Wildman–Crippen MR) is 81.5 cm³/mol. The molecule has 0 fully saturated rings. The van der Waals surface area contributed by atoms with Crippen molar-refractivity contribution in [3.05, 3.63) is 40.7 Å². The van der Waals surface area contributed by atoms with Gasteiger partial charge >= 0.3 is 0 Å². The fourth-order valence-corrected chi connectivity index (χ4v) is 3.65. The summed E-state index contributed by atoms with van der Waals surface area (Å²) in [5.41, 5.74) is 0.954. The number of pyridine rings is 1. The molecule has 20 heavy (non-hydrogen) atoms. The van der Waals surface area contributed by atoms with Gasteiger partial charge < -0.3 is 5.32 Å². The van der Waals surface area contributed by atoms with Gasteiger partial charge in [-0.15, -0.1) is 0 Å². The van der Waals surface area contributed by atoms with Gasteiger partial charge in [0.15, 0.2) is 0 Å². The summed E-state index contributed by atoms with van der Waals surface area (Å²) in [5.74, 6) is 0.664. The third-order valence-corrected chi connectivity index (χ3v) is 5.01. The molecule has 0 aliphatic heterocycles. The molecule has 0 aliphatic rings. The van der Waals surface area contributed by atoms with Crippen LogP contribution in [0.25, 0.3) is 0 Å². The molecule has 2 N–H and O–H groups in total. The Morgan fingerprint density at radius 3 is 2.70 bits per heavy atom. The summed E-state index contributed by atoms with van der Waals surface area (Å²) in [4.78, 5) is 4.24. The first-order valence-corrected chi connectivity index (χ1v) is 8.70. The molecule has 1 unspecified atom stereocenters. The van der Waals surface area contributed by atoms with E-state index >= 15 is 0 Å². The van der Waals surface area contributed by atoms with E-state index < -0.39 is 10.0 Å². The maximum absolute atomic E-state index is 12.2. The van der Waals surface area contributed by atoms with Crippen LogP contribution in [0.5, 0.6) is 0 Å². The van der Waals surface area contributed by atoms with Gasteiger partial charge in [-0.05, 0) is 48.4 Å². The molecule has 2 heterocycles. The Morgan fingerprint density at radius 2 is 2.15 bits per heavy atom. The average molecular weight is 311 g/mol. The number of nitrogens with zero attached hydrogens (tertiary/aromatic N) is 1. The predicted octanol–water partition coefficient (Wildman–Crippen LogP) is 2.61. The molecule has 0 aromatic carbocycles. The van der Waals surface area contributed by atoms with Crippen LogP contribution in [0.3, 0.4) is 0 Å². The Morgan fingerprint density at radius 1 is 1.35 bits per heavy atom. The van der Waals surface area contributed by atoms with Crippen LogP contribution in [0.2, 0.25) is 0 Å². The lowest BCUT2D eigenvalue weighted by molar-refractivity contribution is 0.567. The van der Waals surface area contributed by atoms with Crippen LogP contribution in [-0.2, 0) is 10.0 Å². The zero-order valence-corrected chi connectivity index (χ0v) is 13.0. The number of nitrogens with one attached hydrogen (secondary N) is 2. The summed E-state index contributed by atoms with van der Waals surface area (Å²) in [6.45, 7) is 4.52. The van der Waals surface area contributed by atoms with E-state index in [2.05, 4.69) is 15.0 Å². The summed E-state index contributed by atoms with van der Waals surface area (Å²) >= 11 is 1.54. The van der Waals surface area contributed by atoms with E-state index in [-0.39, 0.29) is 10.9 Å². The quantitative estimate of drug-likeness (QED) is 0.860. The van der Waals surface area contributed by atoms with Gasteiger partial charge in [0, 0.05) is 18.8 Å². The summed E-state index contributed by atoms with van der Waals surface area (Å²) < 4.78 is 27.1. The van der Waals surface area contributed by atoms with Crippen LogP contribution in [0.1, 0.15) is 25.5 Å². The lowest BCUT2D eigenvalue weighted by atomic mass is 10.2. The van der Waals surface area contributed by atoms with Crippen LogP contribution in [0.15, 0.2) is 40.1 Å². The van der Waals surface area contributed by atoms with E-state index in [1.165, 1.54) is 6.20 Å². The van der Waals surface area contributed by atoms with E-state index in [0.717, 1.165) is 12.1 Å². The minimum atomic E-state index is -3.55. The number of rotatable bonds is 6. The second-order valence-electron chi connectivity index (χ2n) is 4.31. The molecular formula is C13H17N3O2S2. The van der Waals surface area contributed by atoms with Gasteiger partial charge in [-0.25, -0.2) is 18.1 Å². The van der Waals surface area contributed by atoms with E-state index in [4.69, 9.17) is 0 Å². The van der Waals surface area contributed by atoms with Gasteiger partial charge in [-0.2, -0.15) is 11.3 Å². The number of anilines is 1. The molecular weight excluding hydrogens is 294 g/mol. The smallest absolute Gasteiger partial charge is 0.242 e. The Labute approximate surface area is 123 Å². The lowest BCUT2D eigenvalue weighted by Gasteiger charge is -2.13. The molecule has 1 atom stereocenters. The van der Waals surface area contributed by atoms with Crippen LogP contribution in [0.4, 0.5) is 5.82 Å². The van der Waals surface area contributed by atoms with Gasteiger partial charge in [-0.3, -0.25) is 0 Å². The Balaban J connectivity index is 2.13.